The summed E-state index contributed by atoms with van der Waals surface area (Å²) in [6, 6.07) is 7.28. The lowest BCUT2D eigenvalue weighted by Gasteiger charge is -2.42. The van der Waals surface area contributed by atoms with Crippen LogP contribution in [0.2, 0.25) is 0 Å². The second-order valence-corrected chi connectivity index (χ2v) is 7.95. The van der Waals surface area contributed by atoms with Crippen LogP contribution in [0.3, 0.4) is 0 Å². The summed E-state index contributed by atoms with van der Waals surface area (Å²) < 4.78 is 2.75. The minimum atomic E-state index is -0.201. The monoisotopic (exact) mass is 369 g/mol. The predicted octanol–water partition coefficient (Wildman–Crippen LogP) is 3.20. The van der Waals surface area contributed by atoms with E-state index in [-0.39, 0.29) is 17.8 Å². The van der Waals surface area contributed by atoms with E-state index in [0.29, 0.717) is 16.8 Å². The van der Waals surface area contributed by atoms with E-state index in [2.05, 4.69) is 15.7 Å². The van der Waals surface area contributed by atoms with Gasteiger partial charge in [0, 0.05) is 18.8 Å². The summed E-state index contributed by atoms with van der Waals surface area (Å²) in [5.74, 6) is 0. The molecule has 2 amide bonds. The van der Waals surface area contributed by atoms with Crippen molar-refractivity contribution in [3.63, 3.8) is 0 Å². The second-order valence-electron chi connectivity index (χ2n) is 7.95. The summed E-state index contributed by atoms with van der Waals surface area (Å²) in [5.41, 5.74) is 1.49. The fourth-order valence-corrected chi connectivity index (χ4v) is 4.77. The number of hydrogen-bond donors (Lipinski definition) is 2. The van der Waals surface area contributed by atoms with E-state index in [4.69, 9.17) is 0 Å². The first kappa shape index (κ1) is 17.8. The first-order valence-electron chi connectivity index (χ1n) is 9.86. The van der Waals surface area contributed by atoms with Crippen molar-refractivity contribution in [3.8, 4) is 5.69 Å². The molecule has 0 bridgehead atoms. The SMILES string of the molecule is Cn1cnn(-c2ccc(NC(=O)NC3CCCCC34CCCC4)cc2)c1=O. The average Bonchev–Trinajstić information content (AvgIpc) is 3.26. The molecule has 1 heterocycles. The number of nitrogens with one attached hydrogen (secondary N) is 2. The van der Waals surface area contributed by atoms with Crippen molar-refractivity contribution < 1.29 is 4.79 Å². The number of rotatable bonds is 3. The summed E-state index contributed by atoms with van der Waals surface area (Å²) in [4.78, 5) is 24.5. The van der Waals surface area contributed by atoms with Crippen LogP contribution in [-0.4, -0.2) is 26.4 Å². The highest BCUT2D eigenvalue weighted by Crippen LogP contribution is 2.49. The first-order chi connectivity index (χ1) is 13.1. The highest BCUT2D eigenvalue weighted by atomic mass is 16.2. The van der Waals surface area contributed by atoms with Crippen LogP contribution in [0.25, 0.3) is 5.69 Å². The third kappa shape index (κ3) is 3.50. The normalized spacial score (nSPS) is 21.3. The minimum absolute atomic E-state index is 0.143. The molecule has 1 unspecified atom stereocenters. The Labute approximate surface area is 158 Å². The molecule has 2 N–H and O–H groups in total. The first-order valence-corrected chi connectivity index (χ1v) is 9.86. The topological polar surface area (TPSA) is 81.0 Å². The minimum Gasteiger partial charge on any atom is -0.335 e. The summed E-state index contributed by atoms with van der Waals surface area (Å²) in [6.07, 6.45) is 11.3. The number of nitrogens with zero attached hydrogens (tertiary/aromatic N) is 3. The highest BCUT2D eigenvalue weighted by Gasteiger charge is 2.43. The number of anilines is 1. The fourth-order valence-electron chi connectivity index (χ4n) is 4.77. The van der Waals surface area contributed by atoms with Crippen molar-refractivity contribution in [2.45, 2.75) is 57.4 Å². The van der Waals surface area contributed by atoms with Crippen molar-refractivity contribution in [2.75, 3.05) is 5.32 Å². The van der Waals surface area contributed by atoms with Crippen LogP contribution in [0.4, 0.5) is 10.5 Å². The Kier molecular flexibility index (Phi) is 4.76. The van der Waals surface area contributed by atoms with Crippen LogP contribution in [0.5, 0.6) is 0 Å². The van der Waals surface area contributed by atoms with Gasteiger partial charge in [-0.1, -0.05) is 25.7 Å². The molecule has 7 nitrogen and oxygen atoms in total. The predicted molar refractivity (Wildman–Crippen MR) is 104 cm³/mol. The zero-order valence-electron chi connectivity index (χ0n) is 15.8. The molecule has 27 heavy (non-hydrogen) atoms. The van der Waals surface area contributed by atoms with Gasteiger partial charge in [-0.2, -0.15) is 9.78 Å². The van der Waals surface area contributed by atoms with E-state index in [0.717, 1.165) is 6.42 Å². The molecule has 0 aliphatic heterocycles. The number of urea groups is 1. The van der Waals surface area contributed by atoms with Crippen LogP contribution in [0.15, 0.2) is 35.4 Å². The lowest BCUT2D eigenvalue weighted by Crippen LogP contribution is -2.49. The van der Waals surface area contributed by atoms with E-state index in [9.17, 15) is 9.59 Å². The van der Waals surface area contributed by atoms with Gasteiger partial charge in [0.15, 0.2) is 0 Å². The van der Waals surface area contributed by atoms with Gasteiger partial charge in [-0.3, -0.25) is 4.57 Å². The van der Waals surface area contributed by atoms with Crippen LogP contribution in [-0.2, 0) is 7.05 Å². The van der Waals surface area contributed by atoms with Gasteiger partial charge in [-0.15, -0.1) is 0 Å². The molecule has 1 atom stereocenters. The van der Waals surface area contributed by atoms with E-state index in [1.165, 1.54) is 60.5 Å². The Morgan fingerprint density at radius 2 is 1.78 bits per heavy atom. The lowest BCUT2D eigenvalue weighted by atomic mass is 9.69. The molecule has 2 aliphatic rings. The Hall–Kier alpha value is -2.57. The van der Waals surface area contributed by atoms with Crippen LogP contribution in [0, 0.1) is 5.41 Å². The van der Waals surface area contributed by atoms with Gasteiger partial charge >= 0.3 is 11.7 Å². The Bertz CT molecular complexity index is 861. The third-order valence-corrected chi connectivity index (χ3v) is 6.25. The molecule has 2 aromatic rings. The summed E-state index contributed by atoms with van der Waals surface area (Å²) >= 11 is 0. The number of benzene rings is 1. The Morgan fingerprint density at radius 3 is 2.41 bits per heavy atom. The van der Waals surface area contributed by atoms with E-state index < -0.39 is 0 Å². The smallest absolute Gasteiger partial charge is 0.335 e. The molecule has 1 aromatic heterocycles. The van der Waals surface area contributed by atoms with Gasteiger partial charge in [-0.25, -0.2) is 9.59 Å². The summed E-state index contributed by atoms with van der Waals surface area (Å²) in [5, 5.41) is 10.2. The molecule has 1 aromatic carbocycles. The summed E-state index contributed by atoms with van der Waals surface area (Å²) in [6.45, 7) is 0. The van der Waals surface area contributed by atoms with E-state index in [1.54, 1.807) is 31.3 Å². The highest BCUT2D eigenvalue weighted by molar-refractivity contribution is 5.89. The maximum absolute atomic E-state index is 12.5. The fraction of sp³-hybridized carbons (Fsp3) is 0.550. The molecule has 144 valence electrons. The summed E-state index contributed by atoms with van der Waals surface area (Å²) in [7, 11) is 1.66. The maximum Gasteiger partial charge on any atom is 0.350 e. The second kappa shape index (κ2) is 7.21. The third-order valence-electron chi connectivity index (χ3n) is 6.25. The molecule has 2 saturated carbocycles. The zero-order chi connectivity index (χ0) is 18.9. The molecule has 7 heteroatoms. The van der Waals surface area contributed by atoms with Gasteiger partial charge < -0.3 is 10.6 Å². The largest absolute Gasteiger partial charge is 0.350 e. The van der Waals surface area contributed by atoms with Crippen molar-refractivity contribution in [2.24, 2.45) is 12.5 Å². The van der Waals surface area contributed by atoms with Crippen LogP contribution in [0.1, 0.15) is 51.4 Å². The van der Waals surface area contributed by atoms with Crippen molar-refractivity contribution in [1.82, 2.24) is 19.7 Å². The van der Waals surface area contributed by atoms with Gasteiger partial charge in [0.05, 0.1) is 5.69 Å². The van der Waals surface area contributed by atoms with E-state index in [1.807, 2.05) is 0 Å². The number of carbonyl (C=O) groups is 1. The van der Waals surface area contributed by atoms with Crippen LogP contribution < -0.4 is 16.3 Å². The molecule has 2 aliphatic carbocycles. The lowest BCUT2D eigenvalue weighted by molar-refractivity contribution is 0.136. The molecule has 0 saturated heterocycles. The molecule has 0 radical (unpaired) electrons. The number of aromatic nitrogens is 3. The van der Waals surface area contributed by atoms with Crippen molar-refractivity contribution >= 4 is 11.7 Å². The van der Waals surface area contributed by atoms with Crippen molar-refractivity contribution in [3.05, 3.63) is 41.1 Å². The zero-order valence-corrected chi connectivity index (χ0v) is 15.8. The molecule has 2 fully saturated rings. The average molecular weight is 369 g/mol. The Balaban J connectivity index is 1.41. The molecule has 1 spiro atoms. The van der Waals surface area contributed by atoms with Gasteiger partial charge in [0.1, 0.15) is 6.33 Å². The number of carbonyl (C=O) groups excluding carboxylic acids is 1. The molecular weight excluding hydrogens is 342 g/mol. The van der Waals surface area contributed by atoms with Gasteiger partial charge in [0.2, 0.25) is 0 Å². The van der Waals surface area contributed by atoms with Gasteiger partial charge in [-0.05, 0) is 55.4 Å². The quantitative estimate of drug-likeness (QED) is 0.872. The van der Waals surface area contributed by atoms with Crippen molar-refractivity contribution in [1.29, 1.82) is 0 Å². The number of hydrogen-bond acceptors (Lipinski definition) is 3. The standard InChI is InChI=1S/C20H27N5O2/c1-24-14-21-25(19(24)27)16-9-7-15(8-10-16)22-18(26)23-17-6-2-3-11-20(17)12-4-5-13-20/h7-10,14,17H,2-6,11-13H2,1H3,(H2,22,23,26). The Morgan fingerprint density at radius 1 is 1.11 bits per heavy atom. The molecule has 4 rings (SSSR count). The maximum atomic E-state index is 12.5. The molecular formula is C20H27N5O2. The van der Waals surface area contributed by atoms with Gasteiger partial charge in [0.25, 0.3) is 0 Å². The number of aryl methyl sites for hydroxylation is 1. The van der Waals surface area contributed by atoms with Crippen LogP contribution >= 0.6 is 0 Å². The van der Waals surface area contributed by atoms with E-state index >= 15 is 0 Å². The number of amides is 2.